The highest BCUT2D eigenvalue weighted by atomic mass is 19.2. The maximum absolute atomic E-state index is 14.2. The number of carbonyl (C=O) groups is 2. The minimum Gasteiger partial charge on any atom is -0.508 e. The van der Waals surface area contributed by atoms with Crippen LogP contribution in [-0.4, -0.2) is 28.5 Å². The number of ketones is 1. The van der Waals surface area contributed by atoms with E-state index >= 15 is 0 Å². The van der Waals surface area contributed by atoms with Gasteiger partial charge in [0.1, 0.15) is 12.4 Å². The topological polar surface area (TPSA) is 86.6 Å². The number of aliphatic hydroxyl groups excluding tert-OH is 1. The van der Waals surface area contributed by atoms with Gasteiger partial charge in [-0.3, -0.25) is 9.59 Å². The molecule has 2 rings (SSSR count). The molecule has 0 saturated carbocycles. The standard InChI is InChI=1S/C20H21F2NO4/c1-12(25)23-10-16-6-5-13(19(21)20(16)22)3-2-4-14-9-15(18(27)11-24)7-8-17(14)26/h5-9,24,26H,2-4,10-11H2,1H3,(H,23,25). The Bertz CT molecular complexity index is 852. The van der Waals surface area contributed by atoms with Gasteiger partial charge in [-0.2, -0.15) is 0 Å². The Kier molecular flexibility index (Phi) is 7.01. The molecule has 3 N–H and O–H groups in total. The first kappa shape index (κ1) is 20.5. The first-order valence-corrected chi connectivity index (χ1v) is 8.49. The summed E-state index contributed by atoms with van der Waals surface area (Å²) in [6.07, 6.45) is 1.01. The summed E-state index contributed by atoms with van der Waals surface area (Å²) in [5.41, 5.74) is 1.04. The molecule has 2 aromatic carbocycles. The van der Waals surface area contributed by atoms with E-state index in [1.807, 2.05) is 0 Å². The molecular formula is C20H21F2NO4. The number of aliphatic hydroxyl groups is 1. The second-order valence-corrected chi connectivity index (χ2v) is 6.20. The van der Waals surface area contributed by atoms with Crippen molar-refractivity contribution >= 4 is 11.7 Å². The second kappa shape index (κ2) is 9.23. The minimum absolute atomic E-state index is 0.00166. The summed E-state index contributed by atoms with van der Waals surface area (Å²) in [7, 11) is 0. The largest absolute Gasteiger partial charge is 0.508 e. The Labute approximate surface area is 155 Å². The highest BCUT2D eigenvalue weighted by molar-refractivity contribution is 5.97. The number of phenols is 1. The number of hydrogen-bond acceptors (Lipinski definition) is 4. The third-order valence-corrected chi connectivity index (χ3v) is 4.21. The van der Waals surface area contributed by atoms with Gasteiger partial charge >= 0.3 is 0 Å². The van der Waals surface area contributed by atoms with Crippen molar-refractivity contribution in [2.75, 3.05) is 6.61 Å². The number of nitrogens with one attached hydrogen (secondary N) is 1. The van der Waals surface area contributed by atoms with E-state index in [2.05, 4.69) is 5.32 Å². The van der Waals surface area contributed by atoms with Gasteiger partial charge in [-0.05, 0) is 48.6 Å². The molecule has 0 aliphatic rings. The first-order valence-electron chi connectivity index (χ1n) is 8.49. The molecular weight excluding hydrogens is 356 g/mol. The summed E-state index contributed by atoms with van der Waals surface area (Å²) in [6.45, 7) is 0.582. The third-order valence-electron chi connectivity index (χ3n) is 4.21. The van der Waals surface area contributed by atoms with E-state index in [0.29, 0.717) is 18.4 Å². The van der Waals surface area contributed by atoms with Crippen LogP contribution in [0.3, 0.4) is 0 Å². The van der Waals surface area contributed by atoms with E-state index in [4.69, 9.17) is 5.11 Å². The van der Waals surface area contributed by atoms with Crippen LogP contribution in [0.25, 0.3) is 0 Å². The zero-order valence-corrected chi connectivity index (χ0v) is 14.9. The molecule has 0 spiro atoms. The highest BCUT2D eigenvalue weighted by Gasteiger charge is 2.14. The maximum Gasteiger partial charge on any atom is 0.217 e. The number of phenolic OH excluding ortho intramolecular Hbond substituents is 1. The van der Waals surface area contributed by atoms with Crippen LogP contribution in [0.1, 0.15) is 40.4 Å². The van der Waals surface area contributed by atoms with Crippen molar-refractivity contribution in [2.24, 2.45) is 0 Å². The SMILES string of the molecule is CC(=O)NCc1ccc(CCCc2cc(C(=O)CO)ccc2O)c(F)c1F. The molecule has 0 saturated heterocycles. The van der Waals surface area contributed by atoms with Crippen LogP contribution in [0.5, 0.6) is 5.75 Å². The summed E-state index contributed by atoms with van der Waals surface area (Å²) >= 11 is 0. The van der Waals surface area contributed by atoms with Gasteiger partial charge in [0.2, 0.25) is 5.91 Å². The van der Waals surface area contributed by atoms with Crippen molar-refractivity contribution in [2.45, 2.75) is 32.7 Å². The fourth-order valence-corrected chi connectivity index (χ4v) is 2.70. The van der Waals surface area contributed by atoms with E-state index in [1.165, 1.54) is 37.3 Å². The quantitative estimate of drug-likeness (QED) is 0.618. The second-order valence-electron chi connectivity index (χ2n) is 6.20. The number of hydrogen-bond donors (Lipinski definition) is 3. The maximum atomic E-state index is 14.2. The third kappa shape index (κ3) is 5.34. The lowest BCUT2D eigenvalue weighted by Crippen LogP contribution is -2.20. The molecule has 27 heavy (non-hydrogen) atoms. The summed E-state index contributed by atoms with van der Waals surface area (Å²) in [5, 5.41) is 21.2. The molecule has 0 fully saturated rings. The lowest BCUT2D eigenvalue weighted by molar-refractivity contribution is -0.119. The van der Waals surface area contributed by atoms with Crippen molar-refractivity contribution in [3.05, 3.63) is 64.2 Å². The van der Waals surface area contributed by atoms with E-state index in [0.717, 1.165) is 0 Å². The summed E-state index contributed by atoms with van der Waals surface area (Å²) < 4.78 is 28.3. The van der Waals surface area contributed by atoms with E-state index in [9.17, 15) is 23.5 Å². The lowest BCUT2D eigenvalue weighted by atomic mass is 9.99. The number of carbonyl (C=O) groups excluding carboxylic acids is 2. The van der Waals surface area contributed by atoms with E-state index in [-0.39, 0.29) is 41.3 Å². The normalized spacial score (nSPS) is 10.7. The first-order chi connectivity index (χ1) is 12.8. The van der Waals surface area contributed by atoms with Crippen LogP contribution in [0, 0.1) is 11.6 Å². The number of halogens is 2. The Morgan fingerprint density at radius 1 is 1.00 bits per heavy atom. The molecule has 5 nitrogen and oxygen atoms in total. The molecule has 0 unspecified atom stereocenters. The van der Waals surface area contributed by atoms with Crippen LogP contribution < -0.4 is 5.32 Å². The predicted molar refractivity (Wildman–Crippen MR) is 95.4 cm³/mol. The molecule has 7 heteroatoms. The summed E-state index contributed by atoms with van der Waals surface area (Å²) in [5.74, 6) is -2.73. The zero-order valence-electron chi connectivity index (χ0n) is 14.9. The number of aryl methyl sites for hydroxylation is 2. The van der Waals surface area contributed by atoms with Crippen LogP contribution in [0.15, 0.2) is 30.3 Å². The minimum atomic E-state index is -0.986. The van der Waals surface area contributed by atoms with Gasteiger partial charge in [-0.25, -0.2) is 8.78 Å². The molecule has 0 aromatic heterocycles. The molecule has 2 aromatic rings. The molecule has 0 heterocycles. The van der Waals surface area contributed by atoms with Gasteiger partial charge in [-0.1, -0.05) is 12.1 Å². The number of rotatable bonds is 8. The van der Waals surface area contributed by atoms with Gasteiger partial charge < -0.3 is 15.5 Å². The van der Waals surface area contributed by atoms with Crippen LogP contribution in [0.2, 0.25) is 0 Å². The zero-order chi connectivity index (χ0) is 20.0. The fourth-order valence-electron chi connectivity index (χ4n) is 2.70. The highest BCUT2D eigenvalue weighted by Crippen LogP contribution is 2.23. The van der Waals surface area contributed by atoms with Gasteiger partial charge in [0.15, 0.2) is 17.4 Å². The molecule has 144 valence electrons. The van der Waals surface area contributed by atoms with Gasteiger partial charge in [0.25, 0.3) is 0 Å². The van der Waals surface area contributed by atoms with Crippen molar-refractivity contribution in [1.29, 1.82) is 0 Å². The van der Waals surface area contributed by atoms with Crippen LogP contribution in [0.4, 0.5) is 8.78 Å². The Morgan fingerprint density at radius 2 is 1.63 bits per heavy atom. The van der Waals surface area contributed by atoms with Gasteiger partial charge in [0, 0.05) is 24.6 Å². The van der Waals surface area contributed by atoms with E-state index < -0.39 is 24.0 Å². The molecule has 0 aliphatic carbocycles. The van der Waals surface area contributed by atoms with Crippen molar-refractivity contribution in [3.8, 4) is 5.75 Å². The Balaban J connectivity index is 2.04. The van der Waals surface area contributed by atoms with Gasteiger partial charge in [0.05, 0.1) is 0 Å². The van der Waals surface area contributed by atoms with Crippen molar-refractivity contribution in [3.63, 3.8) is 0 Å². The summed E-state index contributed by atoms with van der Waals surface area (Å²) in [4.78, 5) is 22.4. The molecule has 0 atom stereocenters. The Morgan fingerprint density at radius 3 is 2.30 bits per heavy atom. The summed E-state index contributed by atoms with van der Waals surface area (Å²) in [6, 6.07) is 7.18. The monoisotopic (exact) mass is 377 g/mol. The molecule has 0 radical (unpaired) electrons. The fraction of sp³-hybridized carbons (Fsp3) is 0.300. The Hall–Kier alpha value is -2.80. The molecule has 0 bridgehead atoms. The average molecular weight is 377 g/mol. The van der Waals surface area contributed by atoms with Gasteiger partial charge in [-0.15, -0.1) is 0 Å². The predicted octanol–water partition coefficient (Wildman–Crippen LogP) is 2.66. The molecule has 1 amide bonds. The van der Waals surface area contributed by atoms with Crippen LogP contribution >= 0.6 is 0 Å². The molecule has 0 aliphatic heterocycles. The average Bonchev–Trinajstić information content (AvgIpc) is 2.65. The lowest BCUT2D eigenvalue weighted by Gasteiger charge is -2.10. The van der Waals surface area contributed by atoms with Crippen LogP contribution in [-0.2, 0) is 24.2 Å². The number of Topliss-reactive ketones (excluding diaryl/α,β-unsaturated/α-hetero) is 1. The number of benzene rings is 2. The number of aromatic hydroxyl groups is 1. The van der Waals surface area contributed by atoms with E-state index in [1.54, 1.807) is 0 Å². The van der Waals surface area contributed by atoms with Crippen molar-refractivity contribution in [1.82, 2.24) is 5.32 Å². The number of amides is 1. The van der Waals surface area contributed by atoms with Crippen molar-refractivity contribution < 1.29 is 28.6 Å². The smallest absolute Gasteiger partial charge is 0.217 e.